The van der Waals surface area contributed by atoms with E-state index in [4.69, 9.17) is 14.2 Å². The summed E-state index contributed by atoms with van der Waals surface area (Å²) in [5.74, 6) is -0.563. The number of nitrogens with zero attached hydrogens (tertiary/aromatic N) is 5. The first kappa shape index (κ1) is 32.8. The molecular formula is C31H31FN6O6S. The molecule has 0 aliphatic carbocycles. The molecule has 4 aromatic heterocycles. The number of fused-ring (bicyclic) bond motifs is 2. The summed E-state index contributed by atoms with van der Waals surface area (Å²) >= 11 is 1.27. The van der Waals surface area contributed by atoms with Gasteiger partial charge in [-0.2, -0.15) is 4.98 Å². The number of Topliss-reactive ketones (excluding diaryl/α,β-unsaturated/α-hetero) is 2. The summed E-state index contributed by atoms with van der Waals surface area (Å²) in [5, 5.41) is 3.13. The maximum atomic E-state index is 15.0. The van der Waals surface area contributed by atoms with Gasteiger partial charge < -0.3 is 19.0 Å². The van der Waals surface area contributed by atoms with Gasteiger partial charge in [-0.3, -0.25) is 15.1 Å². The van der Waals surface area contributed by atoms with Crippen molar-refractivity contribution in [1.29, 1.82) is 0 Å². The molecule has 0 unspecified atom stereocenters. The van der Waals surface area contributed by atoms with Crippen molar-refractivity contribution in [1.82, 2.24) is 24.9 Å². The molecular weight excluding hydrogens is 603 g/mol. The van der Waals surface area contributed by atoms with Gasteiger partial charge in [0.25, 0.3) is 5.88 Å². The minimum atomic E-state index is -0.761. The first-order valence-corrected chi connectivity index (χ1v) is 14.5. The number of carbonyl (C=O) groups excluding carboxylic acids is 3. The number of pyridine rings is 2. The molecule has 0 bridgehead atoms. The number of amides is 1. The standard InChI is InChI=1S/C28H25FN6O5S.C3H6O/c1-13-8-18(24-21(9-13)33-23(38-5)12-31-24)26-34-22-10-19(29)25(35-27(22)41-26)39-15(3)16(4)40-28(37)32-17-6-7-20(14(2)36)30-11-17;1-3(2)4/h6-12,15-16H,1-5H3,(H,32,37);1-2H3/t15-,16+;/m0./s1. The van der Waals surface area contributed by atoms with E-state index in [-0.39, 0.29) is 23.1 Å². The van der Waals surface area contributed by atoms with E-state index >= 15 is 0 Å². The number of rotatable bonds is 8. The Kier molecular flexibility index (Phi) is 10.3. The quantitative estimate of drug-likeness (QED) is 0.190. The number of aryl methyl sites for hydroxylation is 1. The lowest BCUT2D eigenvalue weighted by Crippen LogP contribution is -2.33. The van der Waals surface area contributed by atoms with Crippen LogP contribution in [-0.4, -0.2) is 61.9 Å². The lowest BCUT2D eigenvalue weighted by atomic mass is 10.1. The van der Waals surface area contributed by atoms with Crippen molar-refractivity contribution in [3.8, 4) is 22.3 Å². The molecule has 0 saturated heterocycles. The fourth-order valence-corrected chi connectivity index (χ4v) is 4.82. The Morgan fingerprint density at radius 1 is 0.933 bits per heavy atom. The van der Waals surface area contributed by atoms with Crippen molar-refractivity contribution in [2.24, 2.45) is 0 Å². The number of methoxy groups -OCH3 is 1. The molecule has 12 nitrogen and oxygen atoms in total. The second-order valence-corrected chi connectivity index (χ2v) is 11.1. The average Bonchev–Trinajstić information content (AvgIpc) is 3.38. The van der Waals surface area contributed by atoms with Crippen LogP contribution in [0.4, 0.5) is 14.9 Å². The molecule has 45 heavy (non-hydrogen) atoms. The van der Waals surface area contributed by atoms with Crippen LogP contribution in [-0.2, 0) is 9.53 Å². The van der Waals surface area contributed by atoms with Gasteiger partial charge in [-0.05, 0) is 64.4 Å². The highest BCUT2D eigenvalue weighted by atomic mass is 32.1. The molecule has 0 radical (unpaired) electrons. The Morgan fingerprint density at radius 3 is 2.31 bits per heavy atom. The fraction of sp³-hybridized carbons (Fsp3) is 0.290. The summed E-state index contributed by atoms with van der Waals surface area (Å²) in [5.41, 5.74) is 3.98. The first-order valence-electron chi connectivity index (χ1n) is 13.7. The maximum Gasteiger partial charge on any atom is 0.412 e. The second-order valence-electron chi connectivity index (χ2n) is 10.2. The van der Waals surface area contributed by atoms with Gasteiger partial charge in [-0.15, -0.1) is 0 Å². The third-order valence-corrected chi connectivity index (χ3v) is 7.13. The normalized spacial score (nSPS) is 12.1. The molecule has 1 N–H and O–H groups in total. The van der Waals surface area contributed by atoms with Crippen LogP contribution in [0.5, 0.6) is 11.8 Å². The molecule has 0 spiro atoms. The van der Waals surface area contributed by atoms with E-state index in [9.17, 15) is 18.8 Å². The van der Waals surface area contributed by atoms with Gasteiger partial charge >= 0.3 is 6.09 Å². The summed E-state index contributed by atoms with van der Waals surface area (Å²) in [7, 11) is 1.53. The van der Waals surface area contributed by atoms with E-state index in [2.05, 4.69) is 30.2 Å². The molecule has 1 amide bonds. The van der Waals surface area contributed by atoms with Crippen LogP contribution >= 0.6 is 11.3 Å². The Balaban J connectivity index is 0.00000109. The molecule has 1 aromatic carbocycles. The van der Waals surface area contributed by atoms with E-state index in [1.807, 2.05) is 19.1 Å². The smallest absolute Gasteiger partial charge is 0.412 e. The molecule has 0 aliphatic rings. The van der Waals surface area contributed by atoms with Gasteiger partial charge in [0, 0.05) is 18.6 Å². The number of ketones is 2. The number of benzene rings is 1. The maximum absolute atomic E-state index is 15.0. The van der Waals surface area contributed by atoms with Crippen molar-refractivity contribution in [3.05, 3.63) is 59.8 Å². The van der Waals surface area contributed by atoms with Gasteiger partial charge in [0.05, 0.1) is 36.2 Å². The average molecular weight is 635 g/mol. The predicted molar refractivity (Wildman–Crippen MR) is 167 cm³/mol. The Bertz CT molecular complexity index is 1880. The number of halogens is 1. The van der Waals surface area contributed by atoms with Gasteiger partial charge in [0.2, 0.25) is 5.88 Å². The summed E-state index contributed by atoms with van der Waals surface area (Å²) < 4.78 is 31.3. The molecule has 0 fully saturated rings. The SMILES string of the molecule is CC(C)=O.COc1cnc2c(-c3nc4cc(F)c(O[C@@H](C)[C@@H](C)OC(=O)Nc5ccc(C(C)=O)nc5)nc4s3)cc(C)cc2n1. The van der Waals surface area contributed by atoms with E-state index in [1.165, 1.54) is 69.8 Å². The summed E-state index contributed by atoms with van der Waals surface area (Å²) in [6.45, 7) is 9.64. The Hall–Kier alpha value is -5.11. The number of carbonyl (C=O) groups is 3. The molecule has 2 atom stereocenters. The zero-order chi connectivity index (χ0) is 32.8. The monoisotopic (exact) mass is 634 g/mol. The zero-order valence-corrected chi connectivity index (χ0v) is 26.5. The summed E-state index contributed by atoms with van der Waals surface area (Å²) in [6, 6.07) is 8.13. The van der Waals surface area contributed by atoms with Gasteiger partial charge in [0.15, 0.2) is 11.6 Å². The molecule has 0 saturated carbocycles. The van der Waals surface area contributed by atoms with Crippen LogP contribution in [0.2, 0.25) is 0 Å². The van der Waals surface area contributed by atoms with Crippen molar-refractivity contribution in [2.45, 2.75) is 53.8 Å². The van der Waals surface area contributed by atoms with Crippen LogP contribution in [0.3, 0.4) is 0 Å². The number of aromatic nitrogens is 5. The summed E-state index contributed by atoms with van der Waals surface area (Å²) in [6.07, 6.45) is 0.625. The highest BCUT2D eigenvalue weighted by Gasteiger charge is 2.23. The molecule has 14 heteroatoms. The molecule has 0 aliphatic heterocycles. The topological polar surface area (TPSA) is 155 Å². The molecule has 4 heterocycles. The fourth-order valence-electron chi connectivity index (χ4n) is 3.89. The van der Waals surface area contributed by atoms with Crippen molar-refractivity contribution in [3.63, 3.8) is 0 Å². The van der Waals surface area contributed by atoms with Crippen molar-refractivity contribution < 1.29 is 33.0 Å². The third kappa shape index (κ3) is 8.29. The van der Waals surface area contributed by atoms with Crippen molar-refractivity contribution >= 4 is 56.1 Å². The van der Waals surface area contributed by atoms with Crippen LogP contribution in [0.15, 0.2) is 42.7 Å². The number of ether oxygens (including phenoxy) is 3. The molecule has 234 valence electrons. The largest absolute Gasteiger partial charge is 0.480 e. The van der Waals surface area contributed by atoms with E-state index in [0.717, 1.165) is 11.1 Å². The number of hydrogen-bond donors (Lipinski definition) is 1. The zero-order valence-electron chi connectivity index (χ0n) is 25.7. The van der Waals surface area contributed by atoms with Crippen molar-refractivity contribution in [2.75, 3.05) is 12.4 Å². The first-order chi connectivity index (χ1) is 21.3. The minimum absolute atomic E-state index is 0.167. The lowest BCUT2D eigenvalue weighted by molar-refractivity contribution is -0.115. The Labute approximate surface area is 262 Å². The number of thiazole rings is 1. The van der Waals surface area contributed by atoms with Crippen LogP contribution in [0.25, 0.3) is 32.0 Å². The molecule has 5 rings (SSSR count). The van der Waals surface area contributed by atoms with Gasteiger partial charge in [-0.1, -0.05) is 11.3 Å². The summed E-state index contributed by atoms with van der Waals surface area (Å²) in [4.78, 5) is 55.5. The van der Waals surface area contributed by atoms with E-state index in [0.29, 0.717) is 38.0 Å². The van der Waals surface area contributed by atoms with Gasteiger partial charge in [-0.25, -0.2) is 24.1 Å². The van der Waals surface area contributed by atoms with E-state index < -0.39 is 24.1 Å². The second kappa shape index (κ2) is 14.1. The predicted octanol–water partition coefficient (Wildman–Crippen LogP) is 6.36. The van der Waals surface area contributed by atoms with Crippen LogP contribution in [0.1, 0.15) is 50.7 Å². The molecule has 5 aromatic rings. The number of hydrogen-bond acceptors (Lipinski definition) is 12. The Morgan fingerprint density at radius 2 is 1.67 bits per heavy atom. The number of nitrogens with one attached hydrogen (secondary N) is 1. The lowest BCUT2D eigenvalue weighted by Gasteiger charge is -2.21. The van der Waals surface area contributed by atoms with E-state index in [1.54, 1.807) is 13.8 Å². The third-order valence-electron chi connectivity index (χ3n) is 6.14. The minimum Gasteiger partial charge on any atom is -0.480 e. The van der Waals surface area contributed by atoms with Gasteiger partial charge in [0.1, 0.15) is 39.0 Å². The number of anilines is 1. The highest BCUT2D eigenvalue weighted by Crippen LogP contribution is 2.35. The van der Waals surface area contributed by atoms with Crippen LogP contribution < -0.4 is 14.8 Å². The van der Waals surface area contributed by atoms with Crippen LogP contribution in [0, 0.1) is 12.7 Å². The highest BCUT2D eigenvalue weighted by molar-refractivity contribution is 7.21.